The zero-order valence-corrected chi connectivity index (χ0v) is 10.6. The normalized spacial score (nSPS) is 10.1. The van der Waals surface area contributed by atoms with E-state index in [2.05, 4.69) is 15.3 Å². The molecule has 0 saturated carbocycles. The van der Waals surface area contributed by atoms with Crippen molar-refractivity contribution in [3.8, 4) is 0 Å². The summed E-state index contributed by atoms with van der Waals surface area (Å²) in [5, 5.41) is 2.76. The number of carbonyl (C=O) groups excluding carboxylic acids is 1. The molecule has 92 valence electrons. The highest BCUT2D eigenvalue weighted by molar-refractivity contribution is 7.98. The van der Waals surface area contributed by atoms with Crippen LogP contribution < -0.4 is 11.1 Å². The Morgan fingerprint density at radius 3 is 2.83 bits per heavy atom. The number of nitrogen functional groups attached to an aromatic ring is 1. The standard InChI is InChI=1S/C12H12N4OS/c1-18-9-4-2-3-8(5-9)16-12(17)10-6-15-11(13)7-14-10/h2-7H,1H3,(H2,13,15)(H,16,17). The fourth-order valence-electron chi connectivity index (χ4n) is 1.35. The highest BCUT2D eigenvalue weighted by Gasteiger charge is 2.08. The molecule has 1 aromatic heterocycles. The molecular formula is C12H12N4OS. The topological polar surface area (TPSA) is 80.9 Å². The Balaban J connectivity index is 2.13. The molecule has 1 amide bonds. The van der Waals surface area contributed by atoms with Gasteiger partial charge in [0.25, 0.3) is 5.91 Å². The molecule has 2 aromatic rings. The van der Waals surface area contributed by atoms with E-state index >= 15 is 0 Å². The van der Waals surface area contributed by atoms with Crippen molar-refractivity contribution >= 4 is 29.2 Å². The van der Waals surface area contributed by atoms with Crippen molar-refractivity contribution in [3.05, 3.63) is 42.4 Å². The van der Waals surface area contributed by atoms with Crippen molar-refractivity contribution in [1.82, 2.24) is 9.97 Å². The number of carbonyl (C=O) groups is 1. The average Bonchev–Trinajstić information content (AvgIpc) is 2.39. The Hall–Kier alpha value is -2.08. The van der Waals surface area contributed by atoms with Gasteiger partial charge in [-0.2, -0.15) is 0 Å². The lowest BCUT2D eigenvalue weighted by molar-refractivity contribution is 0.102. The first-order valence-electron chi connectivity index (χ1n) is 5.22. The van der Waals surface area contributed by atoms with E-state index in [9.17, 15) is 4.79 Å². The third-order valence-electron chi connectivity index (χ3n) is 2.23. The minimum absolute atomic E-state index is 0.235. The van der Waals surface area contributed by atoms with Crippen molar-refractivity contribution in [2.75, 3.05) is 17.3 Å². The van der Waals surface area contributed by atoms with E-state index in [4.69, 9.17) is 5.73 Å². The number of hydrogen-bond donors (Lipinski definition) is 2. The number of thioether (sulfide) groups is 1. The summed E-state index contributed by atoms with van der Waals surface area (Å²) in [6.45, 7) is 0. The van der Waals surface area contributed by atoms with Crippen LogP contribution >= 0.6 is 11.8 Å². The number of rotatable bonds is 3. The van der Waals surface area contributed by atoms with Crippen LogP contribution in [0.4, 0.5) is 11.5 Å². The van der Waals surface area contributed by atoms with Crippen LogP contribution in [0.25, 0.3) is 0 Å². The number of aromatic nitrogens is 2. The summed E-state index contributed by atoms with van der Waals surface area (Å²) in [7, 11) is 0. The molecule has 6 heteroatoms. The van der Waals surface area contributed by atoms with Gasteiger partial charge in [-0.25, -0.2) is 9.97 Å². The largest absolute Gasteiger partial charge is 0.382 e. The quantitative estimate of drug-likeness (QED) is 0.825. The number of anilines is 2. The minimum Gasteiger partial charge on any atom is -0.382 e. The van der Waals surface area contributed by atoms with E-state index in [1.807, 2.05) is 30.5 Å². The molecule has 0 unspecified atom stereocenters. The van der Waals surface area contributed by atoms with Gasteiger partial charge in [0.15, 0.2) is 0 Å². The molecule has 18 heavy (non-hydrogen) atoms. The lowest BCUT2D eigenvalue weighted by Crippen LogP contribution is -2.14. The molecule has 0 aliphatic rings. The Morgan fingerprint density at radius 2 is 2.17 bits per heavy atom. The first-order chi connectivity index (χ1) is 8.69. The molecule has 0 fully saturated rings. The second-order valence-electron chi connectivity index (χ2n) is 3.51. The van der Waals surface area contributed by atoms with E-state index < -0.39 is 0 Å². The van der Waals surface area contributed by atoms with Crippen LogP contribution in [0.3, 0.4) is 0 Å². The first kappa shape index (κ1) is 12.4. The summed E-state index contributed by atoms with van der Waals surface area (Å²) in [4.78, 5) is 20.7. The van der Waals surface area contributed by atoms with Gasteiger partial charge in [-0.15, -0.1) is 11.8 Å². The van der Waals surface area contributed by atoms with Gasteiger partial charge in [0.2, 0.25) is 0 Å². The molecule has 3 N–H and O–H groups in total. The van der Waals surface area contributed by atoms with Gasteiger partial charge in [-0.1, -0.05) is 6.07 Å². The summed E-state index contributed by atoms with van der Waals surface area (Å²) >= 11 is 1.61. The second kappa shape index (κ2) is 5.50. The Kier molecular flexibility index (Phi) is 3.78. The number of hydrogen-bond acceptors (Lipinski definition) is 5. The first-order valence-corrected chi connectivity index (χ1v) is 6.44. The molecule has 0 bridgehead atoms. The van der Waals surface area contributed by atoms with E-state index in [1.165, 1.54) is 12.4 Å². The maximum absolute atomic E-state index is 11.9. The third-order valence-corrected chi connectivity index (χ3v) is 2.96. The third kappa shape index (κ3) is 2.98. The van der Waals surface area contributed by atoms with Gasteiger partial charge in [-0.05, 0) is 24.5 Å². The van der Waals surface area contributed by atoms with Crippen molar-refractivity contribution < 1.29 is 4.79 Å². The van der Waals surface area contributed by atoms with Gasteiger partial charge in [0.1, 0.15) is 11.5 Å². The molecule has 1 heterocycles. The maximum Gasteiger partial charge on any atom is 0.275 e. The fourth-order valence-corrected chi connectivity index (χ4v) is 1.81. The minimum atomic E-state index is -0.305. The molecule has 0 saturated heterocycles. The van der Waals surface area contributed by atoms with Crippen LogP contribution in [-0.4, -0.2) is 22.1 Å². The van der Waals surface area contributed by atoms with Crippen molar-refractivity contribution in [1.29, 1.82) is 0 Å². The van der Waals surface area contributed by atoms with Crippen LogP contribution in [0.1, 0.15) is 10.5 Å². The summed E-state index contributed by atoms with van der Waals surface area (Å²) in [6, 6.07) is 7.58. The van der Waals surface area contributed by atoms with Crippen LogP contribution in [0.2, 0.25) is 0 Å². The summed E-state index contributed by atoms with van der Waals surface area (Å²) in [5.41, 5.74) is 6.37. The fraction of sp³-hybridized carbons (Fsp3) is 0.0833. The lowest BCUT2D eigenvalue weighted by atomic mass is 10.3. The highest BCUT2D eigenvalue weighted by atomic mass is 32.2. The van der Waals surface area contributed by atoms with Crippen LogP contribution in [0.15, 0.2) is 41.6 Å². The smallest absolute Gasteiger partial charge is 0.275 e. The van der Waals surface area contributed by atoms with Crippen LogP contribution in [0, 0.1) is 0 Å². The van der Waals surface area contributed by atoms with Crippen LogP contribution in [-0.2, 0) is 0 Å². The Morgan fingerprint density at radius 1 is 1.33 bits per heavy atom. The number of nitrogens with two attached hydrogens (primary N) is 1. The predicted molar refractivity (Wildman–Crippen MR) is 72.6 cm³/mol. The molecule has 0 radical (unpaired) electrons. The molecule has 2 rings (SSSR count). The second-order valence-corrected chi connectivity index (χ2v) is 4.39. The average molecular weight is 260 g/mol. The van der Waals surface area contributed by atoms with Crippen molar-refractivity contribution in [2.24, 2.45) is 0 Å². The van der Waals surface area contributed by atoms with E-state index in [1.54, 1.807) is 11.8 Å². The molecule has 0 atom stereocenters. The van der Waals surface area contributed by atoms with Crippen LogP contribution in [0.5, 0.6) is 0 Å². The number of benzene rings is 1. The van der Waals surface area contributed by atoms with Crippen molar-refractivity contribution in [2.45, 2.75) is 4.90 Å². The molecule has 1 aromatic carbocycles. The number of nitrogens with zero attached hydrogens (tertiary/aromatic N) is 2. The van der Waals surface area contributed by atoms with E-state index in [0.717, 1.165) is 10.6 Å². The Bertz CT molecular complexity index is 556. The summed E-state index contributed by atoms with van der Waals surface area (Å²) in [5.74, 6) is -0.0170. The molecular weight excluding hydrogens is 248 g/mol. The van der Waals surface area contributed by atoms with Gasteiger partial charge in [-0.3, -0.25) is 4.79 Å². The zero-order chi connectivity index (χ0) is 13.0. The highest BCUT2D eigenvalue weighted by Crippen LogP contribution is 2.19. The Labute approximate surface area is 109 Å². The van der Waals surface area contributed by atoms with Crippen molar-refractivity contribution in [3.63, 3.8) is 0 Å². The maximum atomic E-state index is 11.9. The van der Waals surface area contributed by atoms with Gasteiger partial charge >= 0.3 is 0 Å². The molecule has 0 spiro atoms. The summed E-state index contributed by atoms with van der Waals surface area (Å²) in [6.07, 6.45) is 4.68. The summed E-state index contributed by atoms with van der Waals surface area (Å²) < 4.78 is 0. The van der Waals surface area contributed by atoms with Gasteiger partial charge in [0, 0.05) is 10.6 Å². The molecule has 0 aliphatic heterocycles. The van der Waals surface area contributed by atoms with E-state index in [0.29, 0.717) is 0 Å². The monoisotopic (exact) mass is 260 g/mol. The predicted octanol–water partition coefficient (Wildman–Crippen LogP) is 2.03. The lowest BCUT2D eigenvalue weighted by Gasteiger charge is -2.05. The molecule has 5 nitrogen and oxygen atoms in total. The van der Waals surface area contributed by atoms with Gasteiger partial charge < -0.3 is 11.1 Å². The number of amides is 1. The molecule has 0 aliphatic carbocycles. The number of nitrogens with one attached hydrogen (secondary N) is 1. The SMILES string of the molecule is CSc1cccc(NC(=O)c2cnc(N)cn2)c1. The van der Waals surface area contributed by atoms with Gasteiger partial charge in [0.05, 0.1) is 12.4 Å². The zero-order valence-electron chi connectivity index (χ0n) is 9.75. The van der Waals surface area contributed by atoms with E-state index in [-0.39, 0.29) is 17.4 Å².